The summed E-state index contributed by atoms with van der Waals surface area (Å²) in [6, 6.07) is 24.3. The zero-order valence-electron chi connectivity index (χ0n) is 30.2. The van der Waals surface area contributed by atoms with Gasteiger partial charge in [-0.05, 0) is 64.8 Å². The minimum Gasteiger partial charge on any atom is -0.462 e. The van der Waals surface area contributed by atoms with Crippen molar-refractivity contribution in [2.75, 3.05) is 31.6 Å². The fourth-order valence-corrected chi connectivity index (χ4v) is 8.11. The molecule has 1 aliphatic carbocycles. The largest absolute Gasteiger partial charge is 0.462 e. The molecule has 4 aromatic rings. The van der Waals surface area contributed by atoms with Crippen LogP contribution in [0, 0.1) is 5.82 Å². The van der Waals surface area contributed by atoms with E-state index in [-0.39, 0.29) is 59.7 Å². The first-order valence-electron chi connectivity index (χ1n) is 18.4. The van der Waals surface area contributed by atoms with Crippen LogP contribution >= 0.6 is 23.2 Å². The molecule has 3 amide bonds. The van der Waals surface area contributed by atoms with Gasteiger partial charge in [0, 0.05) is 38.9 Å². The monoisotopic (exact) mass is 786 g/mol. The number of fused-ring (bicyclic) bond motifs is 4. The van der Waals surface area contributed by atoms with Crippen LogP contribution in [0.25, 0.3) is 11.1 Å². The predicted molar refractivity (Wildman–Crippen MR) is 207 cm³/mol. The molecule has 2 heterocycles. The van der Waals surface area contributed by atoms with Crippen molar-refractivity contribution in [3.8, 4) is 11.1 Å². The van der Waals surface area contributed by atoms with Gasteiger partial charge in [-0.1, -0.05) is 96.0 Å². The summed E-state index contributed by atoms with van der Waals surface area (Å²) in [5, 5.41) is 5.11. The number of nitrogens with one attached hydrogen (secondary N) is 2. The number of amides is 3. The van der Waals surface area contributed by atoms with Crippen LogP contribution in [0.1, 0.15) is 54.4 Å². The van der Waals surface area contributed by atoms with E-state index < -0.39 is 35.8 Å². The Bertz CT molecular complexity index is 2060. The van der Waals surface area contributed by atoms with Gasteiger partial charge in [-0.2, -0.15) is 0 Å². The Hall–Kier alpha value is -4.97. The van der Waals surface area contributed by atoms with E-state index in [4.69, 9.17) is 32.7 Å². The second kappa shape index (κ2) is 16.8. The molecule has 286 valence electrons. The fraction of sp³-hybridized carbons (Fsp3) is 0.333. The molecule has 1 fully saturated rings. The number of benzene rings is 4. The van der Waals surface area contributed by atoms with Crippen LogP contribution < -0.4 is 10.6 Å². The summed E-state index contributed by atoms with van der Waals surface area (Å²) in [5.74, 6) is -2.61. The highest BCUT2D eigenvalue weighted by Gasteiger charge is 2.38. The van der Waals surface area contributed by atoms with Crippen molar-refractivity contribution in [2.45, 2.75) is 63.3 Å². The highest BCUT2D eigenvalue weighted by Crippen LogP contribution is 2.44. The van der Waals surface area contributed by atoms with Gasteiger partial charge in [-0.3, -0.25) is 19.3 Å². The summed E-state index contributed by atoms with van der Waals surface area (Å²) in [5.41, 5.74) is 5.94. The summed E-state index contributed by atoms with van der Waals surface area (Å²) >= 11 is 12.0. The fourth-order valence-electron chi connectivity index (χ4n) is 7.80. The van der Waals surface area contributed by atoms with Crippen LogP contribution in [0.15, 0.2) is 84.9 Å². The first-order chi connectivity index (χ1) is 26.6. The van der Waals surface area contributed by atoms with Crippen LogP contribution in [-0.4, -0.2) is 78.1 Å². The van der Waals surface area contributed by atoms with Crippen LogP contribution in [0.4, 0.5) is 14.9 Å². The summed E-state index contributed by atoms with van der Waals surface area (Å²) in [6.07, 6.45) is 0.815. The molecule has 7 rings (SSSR count). The number of ether oxygens (including phenoxy) is 2. The average Bonchev–Trinajstić information content (AvgIpc) is 3.51. The van der Waals surface area contributed by atoms with Gasteiger partial charge in [0.1, 0.15) is 24.8 Å². The van der Waals surface area contributed by atoms with Crippen molar-refractivity contribution < 1.29 is 33.0 Å². The third-order valence-corrected chi connectivity index (χ3v) is 11.4. The Morgan fingerprint density at radius 1 is 0.873 bits per heavy atom. The Morgan fingerprint density at radius 2 is 1.51 bits per heavy atom. The standard InChI is InChI=1S/C42H41Cl2FN4O6/c1-25(50)55-28-16-19-48(20-17-28)21-18-36(40(51)46-35-15-14-34(43)38(44)39(35)45)47-41(52)37-22-26-8-2-3-9-27(26)23-49(37)42(53)54-24-33-31-12-6-4-10-29(31)30-11-5-7-13-32(30)33/h2-15,28,33,36-37H,16-24H2,1H3,(H,46,51)(H,47,52)/t36-,37-/m0/s1. The normalized spacial score (nSPS) is 17.4. The van der Waals surface area contributed by atoms with Gasteiger partial charge in [-0.15, -0.1) is 0 Å². The lowest BCUT2D eigenvalue weighted by atomic mass is 9.93. The van der Waals surface area contributed by atoms with E-state index in [1.54, 1.807) is 0 Å². The molecule has 0 bridgehead atoms. The Kier molecular flexibility index (Phi) is 11.7. The zero-order valence-corrected chi connectivity index (χ0v) is 31.7. The molecule has 0 unspecified atom stereocenters. The predicted octanol–water partition coefficient (Wildman–Crippen LogP) is 7.35. The molecule has 0 saturated carbocycles. The van der Waals surface area contributed by atoms with E-state index in [1.807, 2.05) is 60.7 Å². The Morgan fingerprint density at radius 3 is 2.18 bits per heavy atom. The molecule has 10 nitrogen and oxygen atoms in total. The maximum Gasteiger partial charge on any atom is 0.410 e. The highest BCUT2D eigenvalue weighted by molar-refractivity contribution is 6.42. The van der Waals surface area contributed by atoms with Gasteiger partial charge in [-0.25, -0.2) is 9.18 Å². The van der Waals surface area contributed by atoms with Gasteiger partial charge < -0.3 is 25.0 Å². The molecule has 0 aromatic heterocycles. The van der Waals surface area contributed by atoms with Gasteiger partial charge in [0.05, 0.1) is 22.3 Å². The number of carbonyl (C=O) groups excluding carboxylic acids is 4. The van der Waals surface area contributed by atoms with Gasteiger partial charge in [0.2, 0.25) is 11.8 Å². The van der Waals surface area contributed by atoms with E-state index in [9.17, 15) is 19.2 Å². The number of piperidine rings is 1. The van der Waals surface area contributed by atoms with Gasteiger partial charge in [0.15, 0.2) is 5.82 Å². The molecule has 0 spiro atoms. The summed E-state index contributed by atoms with van der Waals surface area (Å²) in [7, 11) is 0. The van der Waals surface area contributed by atoms with E-state index >= 15 is 4.39 Å². The number of anilines is 1. The number of hydrogen-bond donors (Lipinski definition) is 2. The zero-order chi connectivity index (χ0) is 38.6. The molecule has 2 aliphatic heterocycles. The summed E-state index contributed by atoms with van der Waals surface area (Å²) in [6.45, 7) is 3.25. The minimum atomic E-state index is -1.12. The number of rotatable bonds is 10. The lowest BCUT2D eigenvalue weighted by Gasteiger charge is -2.36. The highest BCUT2D eigenvalue weighted by atomic mass is 35.5. The number of esters is 1. The lowest BCUT2D eigenvalue weighted by molar-refractivity contribution is -0.148. The maximum absolute atomic E-state index is 15.1. The molecule has 1 saturated heterocycles. The quantitative estimate of drug-likeness (QED) is 0.128. The third kappa shape index (κ3) is 8.49. The molecule has 13 heteroatoms. The summed E-state index contributed by atoms with van der Waals surface area (Å²) < 4.78 is 26.4. The van der Waals surface area contributed by atoms with E-state index in [1.165, 1.54) is 24.0 Å². The topological polar surface area (TPSA) is 117 Å². The van der Waals surface area contributed by atoms with Crippen molar-refractivity contribution in [3.05, 3.63) is 123 Å². The number of likely N-dealkylation sites (tertiary alicyclic amines) is 1. The molecule has 2 atom stereocenters. The molecule has 2 N–H and O–H groups in total. The SMILES string of the molecule is CC(=O)OC1CCN(CC[C@H](NC(=O)[C@@H]2Cc3ccccc3CN2C(=O)OCC2c3ccccc3-c3ccccc32)C(=O)Nc2ccc(Cl)c(Cl)c2F)CC1. The molecular formula is C42H41Cl2FN4O6. The molecule has 55 heavy (non-hydrogen) atoms. The first-order valence-corrected chi connectivity index (χ1v) is 19.2. The Labute approximate surface area is 328 Å². The number of nitrogens with zero attached hydrogens (tertiary/aromatic N) is 2. The minimum absolute atomic E-state index is 0.00919. The maximum atomic E-state index is 15.1. The van der Waals surface area contributed by atoms with E-state index in [2.05, 4.69) is 27.7 Å². The molecule has 4 aromatic carbocycles. The van der Waals surface area contributed by atoms with Gasteiger partial charge in [0.25, 0.3) is 0 Å². The number of halogens is 3. The van der Waals surface area contributed by atoms with Crippen molar-refractivity contribution in [1.29, 1.82) is 0 Å². The second-order valence-electron chi connectivity index (χ2n) is 14.1. The molecule has 0 radical (unpaired) electrons. The lowest BCUT2D eigenvalue weighted by Crippen LogP contribution is -2.56. The van der Waals surface area contributed by atoms with Crippen molar-refractivity contribution >= 4 is 52.8 Å². The van der Waals surface area contributed by atoms with Gasteiger partial charge >= 0.3 is 12.1 Å². The van der Waals surface area contributed by atoms with Crippen LogP contribution in [0.2, 0.25) is 10.0 Å². The average molecular weight is 788 g/mol. The van der Waals surface area contributed by atoms with E-state index in [0.29, 0.717) is 32.5 Å². The van der Waals surface area contributed by atoms with Crippen molar-refractivity contribution in [1.82, 2.24) is 15.1 Å². The van der Waals surface area contributed by atoms with E-state index in [0.717, 1.165) is 33.4 Å². The van der Waals surface area contributed by atoms with Crippen LogP contribution in [-0.2, 0) is 36.8 Å². The molecule has 3 aliphatic rings. The number of hydrogen-bond acceptors (Lipinski definition) is 7. The Balaban J connectivity index is 1.09. The first kappa shape index (κ1) is 38.3. The second-order valence-corrected chi connectivity index (χ2v) is 14.9. The van der Waals surface area contributed by atoms with Crippen molar-refractivity contribution in [2.24, 2.45) is 0 Å². The van der Waals surface area contributed by atoms with Crippen LogP contribution in [0.5, 0.6) is 0 Å². The van der Waals surface area contributed by atoms with Crippen molar-refractivity contribution in [3.63, 3.8) is 0 Å². The van der Waals surface area contributed by atoms with Crippen LogP contribution in [0.3, 0.4) is 0 Å². The summed E-state index contributed by atoms with van der Waals surface area (Å²) in [4.78, 5) is 57.2. The molecular weight excluding hydrogens is 746 g/mol. The number of carbonyl (C=O) groups is 4. The third-order valence-electron chi connectivity index (χ3n) is 10.6. The smallest absolute Gasteiger partial charge is 0.410 e.